The number of aromatic nitrogens is 4. The fraction of sp³-hybridized carbons (Fsp3) is 0.357. The summed E-state index contributed by atoms with van der Waals surface area (Å²) in [5.74, 6) is 0.0456. The summed E-state index contributed by atoms with van der Waals surface area (Å²) < 4.78 is 36.3. The fourth-order valence-electron chi connectivity index (χ4n) is 3.66. The molecular weight excluding hydrogens is 571 g/mol. The van der Waals surface area contributed by atoms with E-state index in [0.29, 0.717) is 29.4 Å². The average Bonchev–Trinajstić information content (AvgIpc) is 3.66. The van der Waals surface area contributed by atoms with Crippen LogP contribution in [0.15, 0.2) is 51.5 Å². The van der Waals surface area contributed by atoms with Gasteiger partial charge in [0, 0.05) is 17.0 Å². The summed E-state index contributed by atoms with van der Waals surface area (Å²) >= 11 is 0. The molecule has 2 heterocycles. The molecule has 0 aliphatic carbocycles. The largest absolute Gasteiger partial charge is 0.481 e. The molecular formula is C28H32ClFN6O6. The molecule has 2 atom stereocenters. The SMILES string of the molecule is CC[C@@H](COC(=O)CN)NC(=O)c1ccc(-c2noc(C(C)Oc3ccc(-c4noc(C(C)C)n4)cc3)n2)cc1F.Cl. The zero-order chi connectivity index (χ0) is 29.5. The highest BCUT2D eigenvalue weighted by Gasteiger charge is 2.21. The standard InChI is InChI=1S/C28H31FN6O6.ClH/c1-5-19(14-38-23(36)13-30)31-26(37)21-11-8-18(12-22(21)29)25-33-28(41-35-25)16(4)39-20-9-6-17(7-10-20)24-32-27(15(2)3)40-34-24;/h6-12,15-16,19H,5,13-14,30H2,1-4H3,(H,31,37);1H/t16?,19-;/m0./s1. The van der Waals surface area contributed by atoms with Crippen molar-refractivity contribution in [2.45, 2.75) is 52.2 Å². The highest BCUT2D eigenvalue weighted by Crippen LogP contribution is 2.27. The number of benzene rings is 2. The van der Waals surface area contributed by atoms with Gasteiger partial charge in [0.2, 0.25) is 17.5 Å². The maximum Gasteiger partial charge on any atom is 0.319 e. The average molecular weight is 603 g/mol. The van der Waals surface area contributed by atoms with Gasteiger partial charge in [-0.3, -0.25) is 9.59 Å². The van der Waals surface area contributed by atoms with Crippen molar-refractivity contribution in [3.63, 3.8) is 0 Å². The number of hydrogen-bond acceptors (Lipinski definition) is 11. The monoisotopic (exact) mass is 602 g/mol. The minimum absolute atomic E-state index is 0. The third-order valence-corrected chi connectivity index (χ3v) is 6.06. The first kappa shape index (κ1) is 32.2. The third kappa shape index (κ3) is 7.89. The number of esters is 1. The molecule has 0 saturated carbocycles. The van der Waals surface area contributed by atoms with Crippen LogP contribution in [0.3, 0.4) is 0 Å². The van der Waals surface area contributed by atoms with Crippen LogP contribution in [0.1, 0.15) is 68.3 Å². The number of carbonyl (C=O) groups excluding carboxylic acids is 2. The van der Waals surface area contributed by atoms with Crippen LogP contribution in [-0.4, -0.2) is 51.4 Å². The van der Waals surface area contributed by atoms with E-state index in [1.54, 1.807) is 26.0 Å². The zero-order valence-electron chi connectivity index (χ0n) is 23.5. The van der Waals surface area contributed by atoms with Gasteiger partial charge in [0.1, 0.15) is 18.2 Å². The Kier molecular flexibility index (Phi) is 11.1. The second-order valence-corrected chi connectivity index (χ2v) is 9.51. The first-order valence-corrected chi connectivity index (χ1v) is 13.1. The van der Waals surface area contributed by atoms with E-state index in [4.69, 9.17) is 24.3 Å². The first-order valence-electron chi connectivity index (χ1n) is 13.1. The van der Waals surface area contributed by atoms with Crippen LogP contribution in [0.4, 0.5) is 4.39 Å². The predicted molar refractivity (Wildman–Crippen MR) is 151 cm³/mol. The molecule has 0 aliphatic rings. The summed E-state index contributed by atoms with van der Waals surface area (Å²) in [6.45, 7) is 7.15. The van der Waals surface area contributed by atoms with E-state index in [9.17, 15) is 14.0 Å². The first-order chi connectivity index (χ1) is 19.7. The zero-order valence-corrected chi connectivity index (χ0v) is 24.3. The van der Waals surface area contributed by atoms with E-state index in [2.05, 4.69) is 25.6 Å². The van der Waals surface area contributed by atoms with Gasteiger partial charge in [0.15, 0.2) is 6.10 Å². The van der Waals surface area contributed by atoms with Crippen molar-refractivity contribution >= 4 is 24.3 Å². The van der Waals surface area contributed by atoms with Gasteiger partial charge in [-0.2, -0.15) is 9.97 Å². The number of carbonyl (C=O) groups is 2. The smallest absolute Gasteiger partial charge is 0.319 e. The molecule has 0 aliphatic heterocycles. The number of nitrogens with one attached hydrogen (secondary N) is 1. The molecule has 0 spiro atoms. The van der Waals surface area contributed by atoms with Crippen molar-refractivity contribution in [3.8, 4) is 28.5 Å². The van der Waals surface area contributed by atoms with Gasteiger partial charge in [-0.15, -0.1) is 12.4 Å². The number of hydrogen-bond donors (Lipinski definition) is 2. The highest BCUT2D eigenvalue weighted by atomic mass is 35.5. The maximum absolute atomic E-state index is 14.9. The molecule has 4 aromatic rings. The Bertz CT molecular complexity index is 1490. The van der Waals surface area contributed by atoms with Gasteiger partial charge in [0.05, 0.1) is 18.2 Å². The molecule has 1 amide bonds. The van der Waals surface area contributed by atoms with Crippen LogP contribution in [0.5, 0.6) is 5.75 Å². The molecule has 0 bridgehead atoms. The van der Waals surface area contributed by atoms with Crippen LogP contribution in [0.2, 0.25) is 0 Å². The summed E-state index contributed by atoms with van der Waals surface area (Å²) in [5, 5.41) is 10.6. The lowest BCUT2D eigenvalue weighted by molar-refractivity contribution is -0.142. The summed E-state index contributed by atoms with van der Waals surface area (Å²) in [4.78, 5) is 32.6. The molecule has 1 unspecified atom stereocenters. The molecule has 12 nitrogen and oxygen atoms in total. The molecule has 2 aromatic heterocycles. The lowest BCUT2D eigenvalue weighted by atomic mass is 10.1. The number of halogens is 2. The van der Waals surface area contributed by atoms with Crippen LogP contribution in [-0.2, 0) is 9.53 Å². The van der Waals surface area contributed by atoms with E-state index >= 15 is 0 Å². The van der Waals surface area contributed by atoms with E-state index < -0.39 is 29.8 Å². The second-order valence-electron chi connectivity index (χ2n) is 9.51. The molecule has 3 N–H and O–H groups in total. The van der Waals surface area contributed by atoms with Crippen LogP contribution >= 0.6 is 12.4 Å². The summed E-state index contributed by atoms with van der Waals surface area (Å²) in [6, 6.07) is 10.6. The third-order valence-electron chi connectivity index (χ3n) is 6.06. The summed E-state index contributed by atoms with van der Waals surface area (Å²) in [5.41, 5.74) is 6.13. The highest BCUT2D eigenvalue weighted by molar-refractivity contribution is 5.95. The normalized spacial score (nSPS) is 12.4. The molecule has 0 radical (unpaired) electrons. The Morgan fingerprint density at radius 1 is 0.976 bits per heavy atom. The number of amides is 1. The minimum Gasteiger partial charge on any atom is -0.481 e. The van der Waals surface area contributed by atoms with Crippen molar-refractivity contribution in [1.82, 2.24) is 25.6 Å². The second kappa shape index (κ2) is 14.5. The summed E-state index contributed by atoms with van der Waals surface area (Å²) in [7, 11) is 0. The van der Waals surface area contributed by atoms with Gasteiger partial charge >= 0.3 is 5.97 Å². The van der Waals surface area contributed by atoms with E-state index in [0.717, 1.165) is 11.6 Å². The van der Waals surface area contributed by atoms with E-state index in [1.165, 1.54) is 12.1 Å². The Morgan fingerprint density at radius 2 is 1.60 bits per heavy atom. The van der Waals surface area contributed by atoms with Gasteiger partial charge in [-0.05, 0) is 49.7 Å². The molecule has 4 rings (SSSR count). The molecule has 0 fully saturated rings. The van der Waals surface area contributed by atoms with Gasteiger partial charge in [0.25, 0.3) is 11.8 Å². The van der Waals surface area contributed by atoms with Crippen LogP contribution < -0.4 is 15.8 Å². The summed E-state index contributed by atoms with van der Waals surface area (Å²) in [6.07, 6.45) is -0.133. The number of nitrogens with zero attached hydrogens (tertiary/aromatic N) is 4. The molecule has 224 valence electrons. The van der Waals surface area contributed by atoms with Crippen LogP contribution in [0, 0.1) is 5.82 Å². The molecule has 0 saturated heterocycles. The lowest BCUT2D eigenvalue weighted by Crippen LogP contribution is -2.39. The van der Waals surface area contributed by atoms with Gasteiger partial charge in [-0.1, -0.05) is 37.2 Å². The van der Waals surface area contributed by atoms with Gasteiger partial charge < -0.3 is 29.6 Å². The van der Waals surface area contributed by atoms with Crippen molar-refractivity contribution in [1.29, 1.82) is 0 Å². The Morgan fingerprint density at radius 3 is 2.19 bits per heavy atom. The molecule has 2 aromatic carbocycles. The van der Waals surface area contributed by atoms with Crippen molar-refractivity contribution < 1.29 is 32.5 Å². The van der Waals surface area contributed by atoms with Gasteiger partial charge in [-0.25, -0.2) is 4.39 Å². The Hall–Kier alpha value is -4.36. The topological polar surface area (TPSA) is 168 Å². The maximum atomic E-state index is 14.9. The fourth-order valence-corrected chi connectivity index (χ4v) is 3.66. The van der Waals surface area contributed by atoms with E-state index in [-0.39, 0.29) is 48.8 Å². The predicted octanol–water partition coefficient (Wildman–Crippen LogP) is 4.62. The number of rotatable bonds is 12. The Labute approximate surface area is 247 Å². The van der Waals surface area contributed by atoms with Crippen LogP contribution in [0.25, 0.3) is 22.8 Å². The van der Waals surface area contributed by atoms with Crippen molar-refractivity contribution in [2.24, 2.45) is 5.73 Å². The quantitative estimate of drug-likeness (QED) is 0.217. The van der Waals surface area contributed by atoms with Crippen molar-refractivity contribution in [2.75, 3.05) is 13.2 Å². The minimum atomic E-state index is -0.772. The number of nitrogens with two attached hydrogens (primary N) is 1. The van der Waals surface area contributed by atoms with Crippen molar-refractivity contribution in [3.05, 3.63) is 65.6 Å². The molecule has 14 heteroatoms. The lowest BCUT2D eigenvalue weighted by Gasteiger charge is -2.17. The Balaban J connectivity index is 0.00000484. The van der Waals surface area contributed by atoms with E-state index in [1.807, 2.05) is 26.0 Å². The number of ether oxygens (including phenoxy) is 2. The molecule has 42 heavy (non-hydrogen) atoms.